The molecule has 0 saturated heterocycles. The summed E-state index contributed by atoms with van der Waals surface area (Å²) in [6, 6.07) is 9.29. The van der Waals surface area contributed by atoms with Crippen molar-refractivity contribution in [1.82, 2.24) is 4.90 Å². The predicted molar refractivity (Wildman–Crippen MR) is 75.2 cm³/mol. The highest BCUT2D eigenvalue weighted by Crippen LogP contribution is 2.20. The van der Waals surface area contributed by atoms with Gasteiger partial charge in [0, 0.05) is 13.6 Å². The zero-order chi connectivity index (χ0) is 13.8. The lowest BCUT2D eigenvalue weighted by Gasteiger charge is -2.17. The lowest BCUT2D eigenvalue weighted by molar-refractivity contribution is 0.0783. The zero-order valence-corrected chi connectivity index (χ0v) is 12.3. The number of furan rings is 1. The van der Waals surface area contributed by atoms with Crippen LogP contribution in [0.1, 0.15) is 15.9 Å². The first-order valence-corrected chi connectivity index (χ1v) is 6.52. The minimum absolute atomic E-state index is 0.0940. The molecule has 1 amide bonds. The molecule has 100 valence electrons. The number of rotatable bonds is 4. The molecule has 0 atom stereocenters. The number of amides is 1. The Morgan fingerprint density at radius 1 is 1.42 bits per heavy atom. The topological polar surface area (TPSA) is 42.7 Å². The van der Waals surface area contributed by atoms with Gasteiger partial charge in [-0.3, -0.25) is 4.79 Å². The van der Waals surface area contributed by atoms with Gasteiger partial charge in [0.15, 0.2) is 4.67 Å². The normalized spacial score (nSPS) is 10.3. The third kappa shape index (κ3) is 3.17. The van der Waals surface area contributed by atoms with E-state index in [1.54, 1.807) is 25.1 Å². The summed E-state index contributed by atoms with van der Waals surface area (Å²) in [6.07, 6.45) is 1.48. The van der Waals surface area contributed by atoms with Gasteiger partial charge in [-0.15, -0.1) is 0 Å². The molecule has 0 aliphatic carbocycles. The number of carbonyl (C=O) groups is 1. The fourth-order valence-corrected chi connectivity index (χ4v) is 2.18. The monoisotopic (exact) mass is 323 g/mol. The van der Waals surface area contributed by atoms with Crippen LogP contribution < -0.4 is 4.74 Å². The van der Waals surface area contributed by atoms with Crippen molar-refractivity contribution in [3.05, 3.63) is 52.4 Å². The van der Waals surface area contributed by atoms with Crippen molar-refractivity contribution >= 4 is 21.8 Å². The first-order valence-electron chi connectivity index (χ1n) is 5.73. The first kappa shape index (κ1) is 13.7. The number of benzene rings is 1. The molecule has 0 saturated carbocycles. The molecule has 0 aliphatic rings. The van der Waals surface area contributed by atoms with Gasteiger partial charge in [0.1, 0.15) is 5.75 Å². The van der Waals surface area contributed by atoms with E-state index in [1.165, 1.54) is 6.26 Å². The van der Waals surface area contributed by atoms with Gasteiger partial charge in [-0.1, -0.05) is 12.1 Å². The second kappa shape index (κ2) is 5.93. The van der Waals surface area contributed by atoms with Crippen LogP contribution in [0.2, 0.25) is 0 Å². The molecule has 2 aromatic rings. The summed E-state index contributed by atoms with van der Waals surface area (Å²) in [6.45, 7) is 0.508. The number of nitrogens with zero attached hydrogens (tertiary/aromatic N) is 1. The average Bonchev–Trinajstić information content (AvgIpc) is 2.84. The van der Waals surface area contributed by atoms with Crippen molar-refractivity contribution in [2.75, 3.05) is 14.2 Å². The predicted octanol–water partition coefficient (Wildman–Crippen LogP) is 3.32. The molecule has 1 aromatic carbocycles. The number of halogens is 1. The van der Waals surface area contributed by atoms with Gasteiger partial charge in [0.05, 0.1) is 18.9 Å². The Morgan fingerprint density at radius 2 is 2.21 bits per heavy atom. The van der Waals surface area contributed by atoms with Crippen molar-refractivity contribution in [3.63, 3.8) is 0 Å². The molecule has 0 radical (unpaired) electrons. The van der Waals surface area contributed by atoms with E-state index in [0.717, 1.165) is 11.3 Å². The van der Waals surface area contributed by atoms with E-state index in [0.29, 0.717) is 16.8 Å². The van der Waals surface area contributed by atoms with Crippen LogP contribution in [0, 0.1) is 0 Å². The van der Waals surface area contributed by atoms with Gasteiger partial charge in [-0.2, -0.15) is 0 Å². The van der Waals surface area contributed by atoms with Crippen molar-refractivity contribution in [2.45, 2.75) is 6.54 Å². The summed E-state index contributed by atoms with van der Waals surface area (Å²) >= 11 is 3.21. The Bertz CT molecular complexity index is 580. The summed E-state index contributed by atoms with van der Waals surface area (Å²) in [5.41, 5.74) is 1.53. The summed E-state index contributed by atoms with van der Waals surface area (Å²) in [5, 5.41) is 0. The number of hydrogen-bond donors (Lipinski definition) is 0. The lowest BCUT2D eigenvalue weighted by Crippen LogP contribution is -2.26. The minimum atomic E-state index is -0.0940. The van der Waals surface area contributed by atoms with Gasteiger partial charge in [0.25, 0.3) is 5.91 Å². The Morgan fingerprint density at radius 3 is 2.84 bits per heavy atom. The molecule has 0 aliphatic heterocycles. The lowest BCUT2D eigenvalue weighted by atomic mass is 10.2. The summed E-state index contributed by atoms with van der Waals surface area (Å²) in [7, 11) is 3.37. The molecular weight excluding hydrogens is 310 g/mol. The zero-order valence-electron chi connectivity index (χ0n) is 10.7. The van der Waals surface area contributed by atoms with Crippen LogP contribution in [0.5, 0.6) is 5.75 Å². The first-order chi connectivity index (χ1) is 9.11. The molecule has 0 N–H and O–H groups in total. The highest BCUT2D eigenvalue weighted by molar-refractivity contribution is 9.10. The molecule has 4 nitrogen and oxygen atoms in total. The maximum Gasteiger partial charge on any atom is 0.258 e. The summed E-state index contributed by atoms with van der Waals surface area (Å²) < 4.78 is 10.7. The Kier molecular flexibility index (Phi) is 4.27. The van der Waals surface area contributed by atoms with Gasteiger partial charge < -0.3 is 14.1 Å². The Balaban J connectivity index is 2.10. The molecule has 0 fully saturated rings. The third-order valence-electron chi connectivity index (χ3n) is 2.75. The molecule has 19 heavy (non-hydrogen) atoms. The van der Waals surface area contributed by atoms with Crippen LogP contribution >= 0.6 is 15.9 Å². The summed E-state index contributed by atoms with van der Waals surface area (Å²) in [4.78, 5) is 13.8. The van der Waals surface area contributed by atoms with Crippen molar-refractivity contribution < 1.29 is 13.9 Å². The van der Waals surface area contributed by atoms with Crippen molar-refractivity contribution in [1.29, 1.82) is 0 Å². The van der Waals surface area contributed by atoms with E-state index in [2.05, 4.69) is 15.9 Å². The average molecular weight is 324 g/mol. The van der Waals surface area contributed by atoms with Crippen LogP contribution in [-0.2, 0) is 6.54 Å². The van der Waals surface area contributed by atoms with Crippen LogP contribution in [0.25, 0.3) is 0 Å². The van der Waals surface area contributed by atoms with E-state index < -0.39 is 0 Å². The van der Waals surface area contributed by atoms with E-state index in [9.17, 15) is 4.79 Å². The van der Waals surface area contributed by atoms with E-state index >= 15 is 0 Å². The van der Waals surface area contributed by atoms with Gasteiger partial charge in [0.2, 0.25) is 0 Å². The maximum atomic E-state index is 12.2. The highest BCUT2D eigenvalue weighted by atomic mass is 79.9. The molecule has 0 bridgehead atoms. The quantitative estimate of drug-likeness (QED) is 0.866. The van der Waals surface area contributed by atoms with Gasteiger partial charge >= 0.3 is 0 Å². The van der Waals surface area contributed by atoms with Crippen molar-refractivity contribution in [3.8, 4) is 5.75 Å². The number of carbonyl (C=O) groups excluding carboxylic acids is 1. The molecule has 1 aromatic heterocycles. The largest absolute Gasteiger partial charge is 0.497 e. The molecule has 0 spiro atoms. The third-order valence-corrected chi connectivity index (χ3v) is 3.36. The van der Waals surface area contributed by atoms with Crippen LogP contribution in [0.15, 0.2) is 45.7 Å². The number of ether oxygens (including phenoxy) is 1. The molecule has 0 unspecified atom stereocenters. The van der Waals surface area contributed by atoms with Crippen LogP contribution in [0.4, 0.5) is 0 Å². The van der Waals surface area contributed by atoms with E-state index in [-0.39, 0.29) is 5.91 Å². The molecule has 2 rings (SSSR count). The standard InChI is InChI=1S/C14H14BrNO3/c1-16(14(17)12-6-7-19-13(12)15)9-10-4-3-5-11(8-10)18-2/h3-8H,9H2,1-2H3. The van der Waals surface area contributed by atoms with Gasteiger partial charge in [-0.05, 0) is 39.7 Å². The smallest absolute Gasteiger partial charge is 0.258 e. The SMILES string of the molecule is COc1cccc(CN(C)C(=O)c2ccoc2Br)c1. The highest BCUT2D eigenvalue weighted by Gasteiger charge is 2.17. The number of hydrogen-bond acceptors (Lipinski definition) is 3. The summed E-state index contributed by atoms with van der Waals surface area (Å²) in [5.74, 6) is 0.686. The van der Waals surface area contributed by atoms with Crippen LogP contribution in [-0.4, -0.2) is 25.0 Å². The second-order valence-corrected chi connectivity index (χ2v) is 4.84. The maximum absolute atomic E-state index is 12.2. The van der Waals surface area contributed by atoms with E-state index in [1.807, 2.05) is 24.3 Å². The Hall–Kier alpha value is -1.75. The minimum Gasteiger partial charge on any atom is -0.497 e. The molecular formula is C14H14BrNO3. The second-order valence-electron chi connectivity index (χ2n) is 4.12. The van der Waals surface area contributed by atoms with Crippen molar-refractivity contribution in [2.24, 2.45) is 0 Å². The number of methoxy groups -OCH3 is 1. The van der Waals surface area contributed by atoms with Crippen LogP contribution in [0.3, 0.4) is 0 Å². The fraction of sp³-hybridized carbons (Fsp3) is 0.214. The molecule has 1 heterocycles. The van der Waals surface area contributed by atoms with Gasteiger partial charge in [-0.25, -0.2) is 0 Å². The fourth-order valence-electron chi connectivity index (χ4n) is 1.77. The van der Waals surface area contributed by atoms with E-state index in [4.69, 9.17) is 9.15 Å². The Labute approximate surface area is 120 Å². The molecule has 5 heteroatoms.